The van der Waals surface area contributed by atoms with Crippen LogP contribution in [0.1, 0.15) is 42.2 Å². The summed E-state index contributed by atoms with van der Waals surface area (Å²) in [7, 11) is 0. The number of rotatable bonds is 2. The SMILES string of the molecule is CC1(C(=O)Nc2sc3c(c2C#N)CCCCC3)Sc2ccccc2NC1=O. The maximum atomic E-state index is 13.1. The van der Waals surface area contributed by atoms with Gasteiger partial charge in [0.2, 0.25) is 5.91 Å². The summed E-state index contributed by atoms with van der Waals surface area (Å²) in [6.45, 7) is 1.63. The third-order valence-corrected chi connectivity index (χ3v) is 7.64. The normalized spacial score (nSPS) is 21.3. The van der Waals surface area contributed by atoms with Gasteiger partial charge in [-0.3, -0.25) is 9.59 Å². The molecule has 7 heteroatoms. The van der Waals surface area contributed by atoms with E-state index >= 15 is 0 Å². The molecule has 1 aliphatic heterocycles. The number of fused-ring (bicyclic) bond motifs is 2. The molecule has 0 saturated carbocycles. The van der Waals surface area contributed by atoms with E-state index in [1.54, 1.807) is 6.92 Å². The quantitative estimate of drug-likeness (QED) is 0.584. The van der Waals surface area contributed by atoms with Crippen molar-refractivity contribution in [3.05, 3.63) is 40.3 Å². The molecule has 0 spiro atoms. The van der Waals surface area contributed by atoms with Gasteiger partial charge in [-0.25, -0.2) is 0 Å². The second kappa shape index (κ2) is 7.02. The van der Waals surface area contributed by atoms with Crippen LogP contribution in [-0.4, -0.2) is 16.6 Å². The lowest BCUT2D eigenvalue weighted by molar-refractivity contribution is -0.126. The highest BCUT2D eigenvalue weighted by Gasteiger charge is 2.46. The fraction of sp³-hybridized carbons (Fsp3) is 0.350. The molecule has 0 fully saturated rings. The third kappa shape index (κ3) is 3.13. The summed E-state index contributed by atoms with van der Waals surface area (Å²) < 4.78 is -1.29. The van der Waals surface area contributed by atoms with E-state index in [2.05, 4.69) is 16.7 Å². The van der Waals surface area contributed by atoms with Crippen molar-refractivity contribution in [1.29, 1.82) is 5.26 Å². The number of carbonyl (C=O) groups is 2. The molecule has 2 amide bonds. The summed E-state index contributed by atoms with van der Waals surface area (Å²) in [4.78, 5) is 27.8. The van der Waals surface area contributed by atoms with Crippen LogP contribution in [0.2, 0.25) is 0 Å². The van der Waals surface area contributed by atoms with Crippen LogP contribution in [0.4, 0.5) is 10.7 Å². The molecule has 1 atom stereocenters. The Morgan fingerprint density at radius 1 is 1.26 bits per heavy atom. The van der Waals surface area contributed by atoms with Crippen LogP contribution in [0, 0.1) is 11.3 Å². The Hall–Kier alpha value is -2.30. The Morgan fingerprint density at radius 3 is 2.85 bits per heavy atom. The van der Waals surface area contributed by atoms with Crippen LogP contribution in [0.15, 0.2) is 29.2 Å². The van der Waals surface area contributed by atoms with Crippen LogP contribution in [0.3, 0.4) is 0 Å². The molecule has 2 aliphatic rings. The number of aryl methyl sites for hydroxylation is 1. The summed E-state index contributed by atoms with van der Waals surface area (Å²) in [5, 5.41) is 15.9. The standard InChI is InChI=1S/C20H19N3O2S2/c1-20(18(24)22-14-8-5-6-10-16(14)27-20)19(25)23-17-13(11-21)12-7-3-2-4-9-15(12)26-17/h5-6,8,10H,2-4,7,9H2,1H3,(H,22,24)(H,23,25). The predicted octanol–water partition coefficient (Wildman–Crippen LogP) is 4.33. The lowest BCUT2D eigenvalue weighted by Gasteiger charge is -2.31. The van der Waals surface area contributed by atoms with E-state index in [-0.39, 0.29) is 5.91 Å². The second-order valence-electron chi connectivity index (χ2n) is 6.92. The lowest BCUT2D eigenvalue weighted by atomic mass is 10.1. The number of hydrogen-bond acceptors (Lipinski definition) is 5. The van der Waals surface area contributed by atoms with E-state index in [0.29, 0.717) is 10.6 Å². The van der Waals surface area contributed by atoms with Crippen molar-refractivity contribution in [2.45, 2.75) is 48.7 Å². The zero-order chi connectivity index (χ0) is 19.0. The molecule has 0 bridgehead atoms. The van der Waals surface area contributed by atoms with Crippen LogP contribution < -0.4 is 10.6 Å². The molecular formula is C20H19N3O2S2. The first kappa shape index (κ1) is 18.1. The fourth-order valence-corrected chi connectivity index (χ4v) is 5.83. The van der Waals surface area contributed by atoms with Crippen LogP contribution in [-0.2, 0) is 22.4 Å². The molecule has 138 valence electrons. The molecule has 2 heterocycles. The average molecular weight is 398 g/mol. The first-order chi connectivity index (χ1) is 13.0. The minimum Gasteiger partial charge on any atom is -0.323 e. The largest absolute Gasteiger partial charge is 0.323 e. The predicted molar refractivity (Wildman–Crippen MR) is 108 cm³/mol. The van der Waals surface area contributed by atoms with Crippen molar-refractivity contribution in [2.24, 2.45) is 0 Å². The number of thiophene rings is 1. The Bertz CT molecular complexity index is 976. The lowest BCUT2D eigenvalue weighted by Crippen LogP contribution is -2.49. The summed E-state index contributed by atoms with van der Waals surface area (Å²) in [6.07, 6.45) is 5.17. The number of benzene rings is 1. The fourth-order valence-electron chi connectivity index (χ4n) is 3.49. The zero-order valence-electron chi connectivity index (χ0n) is 14.9. The van der Waals surface area contributed by atoms with Gasteiger partial charge in [-0.1, -0.05) is 30.3 Å². The summed E-state index contributed by atoms with van der Waals surface area (Å²) in [5.74, 6) is -0.743. The molecule has 1 aromatic heterocycles. The summed E-state index contributed by atoms with van der Waals surface area (Å²) in [5.41, 5.74) is 2.36. The first-order valence-corrected chi connectivity index (χ1v) is 10.6. The highest BCUT2D eigenvalue weighted by atomic mass is 32.2. The molecule has 0 radical (unpaired) electrons. The van der Waals surface area contributed by atoms with E-state index < -0.39 is 10.7 Å². The topological polar surface area (TPSA) is 82.0 Å². The molecule has 1 aromatic carbocycles. The van der Waals surface area contributed by atoms with Gasteiger partial charge in [0, 0.05) is 9.77 Å². The highest BCUT2D eigenvalue weighted by molar-refractivity contribution is 8.02. The van der Waals surface area contributed by atoms with Crippen LogP contribution in [0.5, 0.6) is 0 Å². The van der Waals surface area contributed by atoms with Gasteiger partial charge in [0.1, 0.15) is 11.1 Å². The summed E-state index contributed by atoms with van der Waals surface area (Å²) in [6, 6.07) is 9.70. The van der Waals surface area contributed by atoms with Gasteiger partial charge in [-0.2, -0.15) is 5.26 Å². The molecule has 1 aliphatic carbocycles. The van der Waals surface area contributed by atoms with E-state index in [4.69, 9.17) is 0 Å². The van der Waals surface area contributed by atoms with E-state index in [1.807, 2.05) is 24.3 Å². The average Bonchev–Trinajstić information content (AvgIpc) is 2.82. The monoisotopic (exact) mass is 397 g/mol. The van der Waals surface area contributed by atoms with Gasteiger partial charge in [0.25, 0.3) is 5.91 Å². The maximum Gasteiger partial charge on any atom is 0.250 e. The zero-order valence-corrected chi connectivity index (χ0v) is 16.6. The van der Waals surface area contributed by atoms with Gasteiger partial charge in [0.15, 0.2) is 4.75 Å². The third-order valence-electron chi connectivity index (χ3n) is 5.08. The number of carbonyl (C=O) groups excluding carboxylic acids is 2. The molecule has 27 heavy (non-hydrogen) atoms. The number of nitrogens with zero attached hydrogens (tertiary/aromatic N) is 1. The minimum atomic E-state index is -1.29. The van der Waals surface area contributed by atoms with Gasteiger partial charge in [0.05, 0.1) is 11.3 Å². The molecule has 2 N–H and O–H groups in total. The van der Waals surface area contributed by atoms with Crippen LogP contribution in [0.25, 0.3) is 0 Å². The minimum absolute atomic E-state index is 0.347. The Morgan fingerprint density at radius 2 is 2.04 bits per heavy atom. The molecule has 1 unspecified atom stereocenters. The van der Waals surface area contributed by atoms with E-state index in [0.717, 1.165) is 41.8 Å². The van der Waals surface area contributed by atoms with Gasteiger partial charge >= 0.3 is 0 Å². The number of amides is 2. The number of hydrogen-bond donors (Lipinski definition) is 2. The van der Waals surface area contributed by atoms with Gasteiger partial charge in [-0.05, 0) is 50.3 Å². The maximum absolute atomic E-state index is 13.1. The van der Waals surface area contributed by atoms with Crippen molar-refractivity contribution >= 4 is 45.6 Å². The van der Waals surface area contributed by atoms with Crippen molar-refractivity contribution in [2.75, 3.05) is 10.6 Å². The number of nitrogens with one attached hydrogen (secondary N) is 2. The second-order valence-corrected chi connectivity index (χ2v) is 9.49. The first-order valence-electron chi connectivity index (χ1n) is 8.98. The molecular weight excluding hydrogens is 378 g/mol. The molecule has 5 nitrogen and oxygen atoms in total. The number of thioether (sulfide) groups is 1. The Labute approximate surface area is 166 Å². The number of anilines is 2. The van der Waals surface area contributed by atoms with Gasteiger partial charge in [-0.15, -0.1) is 11.3 Å². The van der Waals surface area contributed by atoms with E-state index in [9.17, 15) is 14.9 Å². The van der Waals surface area contributed by atoms with E-state index in [1.165, 1.54) is 34.4 Å². The summed E-state index contributed by atoms with van der Waals surface area (Å²) >= 11 is 2.73. The van der Waals surface area contributed by atoms with Crippen molar-refractivity contribution in [3.8, 4) is 6.07 Å². The van der Waals surface area contributed by atoms with Gasteiger partial charge < -0.3 is 10.6 Å². The Balaban J connectivity index is 1.63. The number of nitriles is 1. The van der Waals surface area contributed by atoms with Crippen LogP contribution >= 0.6 is 23.1 Å². The number of para-hydroxylation sites is 1. The molecule has 4 rings (SSSR count). The highest BCUT2D eigenvalue weighted by Crippen LogP contribution is 2.44. The van der Waals surface area contributed by atoms with Crippen molar-refractivity contribution in [3.63, 3.8) is 0 Å². The molecule has 2 aromatic rings. The van der Waals surface area contributed by atoms with Crippen molar-refractivity contribution < 1.29 is 9.59 Å². The Kier molecular flexibility index (Phi) is 4.70. The molecule has 0 saturated heterocycles. The van der Waals surface area contributed by atoms with Crippen molar-refractivity contribution in [1.82, 2.24) is 0 Å². The smallest absolute Gasteiger partial charge is 0.250 e.